The van der Waals surface area contributed by atoms with Crippen molar-refractivity contribution in [2.75, 3.05) is 32.8 Å². The van der Waals surface area contributed by atoms with E-state index in [0.717, 1.165) is 56.0 Å². The van der Waals surface area contributed by atoms with E-state index in [2.05, 4.69) is 40.3 Å². The highest BCUT2D eigenvalue weighted by Crippen LogP contribution is 2.33. The van der Waals surface area contributed by atoms with Crippen molar-refractivity contribution in [3.8, 4) is 11.5 Å². The smallest absolute Gasteiger partial charge is 0.244 e. The second-order valence-electron chi connectivity index (χ2n) is 8.87. The Morgan fingerprint density at radius 2 is 1.89 bits per heavy atom. The Morgan fingerprint density at radius 3 is 2.69 bits per heavy atom. The van der Waals surface area contributed by atoms with Crippen molar-refractivity contribution in [3.63, 3.8) is 0 Å². The fourth-order valence-electron chi connectivity index (χ4n) is 4.43. The van der Waals surface area contributed by atoms with Crippen LogP contribution in [0.4, 0.5) is 0 Å². The topological polar surface area (TPSA) is 59.8 Å². The lowest BCUT2D eigenvalue weighted by atomic mass is 10.1. The lowest BCUT2D eigenvalue weighted by molar-refractivity contribution is -0.132. The van der Waals surface area contributed by atoms with Crippen molar-refractivity contribution in [2.45, 2.75) is 45.8 Å². The predicted molar refractivity (Wildman–Crippen MR) is 136 cm³/mol. The molecule has 2 aromatic carbocycles. The second-order valence-corrected chi connectivity index (χ2v) is 8.87. The normalized spacial score (nSPS) is 15.7. The summed E-state index contributed by atoms with van der Waals surface area (Å²) in [6, 6.07) is 18.5. The van der Waals surface area contributed by atoms with E-state index in [9.17, 15) is 4.79 Å². The molecule has 186 valence electrons. The van der Waals surface area contributed by atoms with Crippen LogP contribution in [0.1, 0.15) is 37.3 Å². The van der Waals surface area contributed by atoms with E-state index < -0.39 is 0 Å². The first-order valence-electron chi connectivity index (χ1n) is 12.6. The number of aromatic nitrogens is 2. The standard InChI is InChI=1S/C28H36N4O3/c1-2-34-26-14-9-13-25-22-30(21-24-11-5-3-6-12-24)18-19-31(16-7-4-8-20-35-28(25)26)27(33)23-32-17-10-15-29-32/h3,5-6,9-15,17H,2,4,7-8,16,18-23H2,1H3. The highest BCUT2D eigenvalue weighted by atomic mass is 16.5. The van der Waals surface area contributed by atoms with Crippen LogP contribution in [-0.2, 0) is 24.4 Å². The highest BCUT2D eigenvalue weighted by molar-refractivity contribution is 5.75. The Labute approximate surface area is 208 Å². The summed E-state index contributed by atoms with van der Waals surface area (Å²) in [6.07, 6.45) is 6.44. The summed E-state index contributed by atoms with van der Waals surface area (Å²) >= 11 is 0. The van der Waals surface area contributed by atoms with Gasteiger partial charge in [0, 0.05) is 50.7 Å². The highest BCUT2D eigenvalue weighted by Gasteiger charge is 2.19. The molecular weight excluding hydrogens is 440 g/mol. The molecule has 1 aliphatic heterocycles. The molecule has 35 heavy (non-hydrogen) atoms. The van der Waals surface area contributed by atoms with Crippen molar-refractivity contribution in [1.29, 1.82) is 0 Å². The number of amides is 1. The summed E-state index contributed by atoms with van der Waals surface area (Å²) < 4.78 is 13.9. The third-order valence-electron chi connectivity index (χ3n) is 6.22. The third kappa shape index (κ3) is 7.33. The summed E-state index contributed by atoms with van der Waals surface area (Å²) in [5, 5.41) is 4.22. The fraction of sp³-hybridized carbons (Fsp3) is 0.429. The van der Waals surface area contributed by atoms with Gasteiger partial charge in [-0.05, 0) is 43.9 Å². The maximum absolute atomic E-state index is 13.1. The molecular formula is C28H36N4O3. The van der Waals surface area contributed by atoms with E-state index >= 15 is 0 Å². The van der Waals surface area contributed by atoms with Gasteiger partial charge in [-0.1, -0.05) is 42.5 Å². The molecule has 4 rings (SSSR count). The molecule has 3 aromatic rings. The SMILES string of the molecule is CCOc1cccc2c1OCCCCCN(C(=O)Cn1cccn1)CCN(Cc1ccccc1)C2. The van der Waals surface area contributed by atoms with Gasteiger partial charge in [0.25, 0.3) is 0 Å². The van der Waals surface area contributed by atoms with Gasteiger partial charge in [-0.25, -0.2) is 0 Å². The van der Waals surface area contributed by atoms with Crippen molar-refractivity contribution in [1.82, 2.24) is 19.6 Å². The van der Waals surface area contributed by atoms with Gasteiger partial charge in [-0.15, -0.1) is 0 Å². The Morgan fingerprint density at radius 1 is 1.00 bits per heavy atom. The van der Waals surface area contributed by atoms with Crippen LogP contribution in [0.5, 0.6) is 11.5 Å². The van der Waals surface area contributed by atoms with Crippen molar-refractivity contribution in [2.24, 2.45) is 0 Å². The summed E-state index contributed by atoms with van der Waals surface area (Å²) in [4.78, 5) is 17.5. The van der Waals surface area contributed by atoms with Crippen molar-refractivity contribution >= 4 is 5.91 Å². The minimum absolute atomic E-state index is 0.110. The molecule has 0 spiro atoms. The first kappa shape index (κ1) is 24.8. The van der Waals surface area contributed by atoms with Gasteiger partial charge >= 0.3 is 0 Å². The molecule has 2 heterocycles. The van der Waals surface area contributed by atoms with Crippen LogP contribution >= 0.6 is 0 Å². The molecule has 0 unspecified atom stereocenters. The van der Waals surface area contributed by atoms with Gasteiger partial charge in [0.1, 0.15) is 6.54 Å². The number of para-hydroxylation sites is 1. The average Bonchev–Trinajstić information content (AvgIpc) is 3.38. The Hall–Kier alpha value is -3.32. The van der Waals surface area contributed by atoms with Crippen LogP contribution in [0.3, 0.4) is 0 Å². The van der Waals surface area contributed by atoms with Gasteiger partial charge in [-0.3, -0.25) is 14.4 Å². The van der Waals surface area contributed by atoms with Crippen LogP contribution in [0, 0.1) is 0 Å². The molecule has 0 atom stereocenters. The van der Waals surface area contributed by atoms with Crippen molar-refractivity contribution < 1.29 is 14.3 Å². The molecule has 0 N–H and O–H groups in total. The minimum atomic E-state index is 0.110. The van der Waals surface area contributed by atoms with Gasteiger partial charge in [0.15, 0.2) is 11.5 Å². The quantitative estimate of drug-likeness (QED) is 0.529. The molecule has 1 aromatic heterocycles. The summed E-state index contributed by atoms with van der Waals surface area (Å²) in [5.74, 6) is 1.76. The van der Waals surface area contributed by atoms with Crippen LogP contribution in [0.2, 0.25) is 0 Å². The minimum Gasteiger partial charge on any atom is -0.490 e. The molecule has 0 saturated carbocycles. The zero-order valence-corrected chi connectivity index (χ0v) is 20.6. The van der Waals surface area contributed by atoms with E-state index in [4.69, 9.17) is 9.47 Å². The van der Waals surface area contributed by atoms with Crippen LogP contribution in [-0.4, -0.2) is 58.3 Å². The second kappa shape index (κ2) is 13.0. The number of fused-ring (bicyclic) bond motifs is 1. The molecule has 0 bridgehead atoms. The zero-order chi connectivity index (χ0) is 24.3. The first-order valence-corrected chi connectivity index (χ1v) is 12.6. The number of nitrogens with zero attached hydrogens (tertiary/aromatic N) is 4. The number of carbonyl (C=O) groups is 1. The van der Waals surface area contributed by atoms with Gasteiger partial charge in [-0.2, -0.15) is 5.10 Å². The number of hydrogen-bond donors (Lipinski definition) is 0. The molecule has 1 aliphatic rings. The molecule has 0 radical (unpaired) electrons. The Balaban J connectivity index is 1.57. The van der Waals surface area contributed by atoms with Gasteiger partial charge in [0.05, 0.1) is 13.2 Å². The van der Waals surface area contributed by atoms with Crippen LogP contribution in [0.25, 0.3) is 0 Å². The largest absolute Gasteiger partial charge is 0.490 e. The number of ether oxygens (including phenoxy) is 2. The molecule has 0 aliphatic carbocycles. The number of rotatable bonds is 6. The third-order valence-corrected chi connectivity index (χ3v) is 6.22. The molecule has 7 nitrogen and oxygen atoms in total. The zero-order valence-electron chi connectivity index (χ0n) is 20.6. The Kier molecular flexibility index (Phi) is 9.17. The van der Waals surface area contributed by atoms with E-state index in [0.29, 0.717) is 26.3 Å². The van der Waals surface area contributed by atoms with E-state index in [1.807, 2.05) is 42.3 Å². The summed E-state index contributed by atoms with van der Waals surface area (Å²) in [7, 11) is 0. The maximum Gasteiger partial charge on any atom is 0.244 e. The van der Waals surface area contributed by atoms with Crippen LogP contribution < -0.4 is 9.47 Å². The van der Waals surface area contributed by atoms with Crippen molar-refractivity contribution in [3.05, 3.63) is 78.1 Å². The monoisotopic (exact) mass is 476 g/mol. The van der Waals surface area contributed by atoms with E-state index in [1.54, 1.807) is 10.9 Å². The molecule has 0 fully saturated rings. The van der Waals surface area contributed by atoms with Gasteiger partial charge < -0.3 is 14.4 Å². The summed E-state index contributed by atoms with van der Waals surface area (Å²) in [5.41, 5.74) is 2.36. The average molecular weight is 477 g/mol. The first-order chi connectivity index (χ1) is 17.2. The molecule has 1 amide bonds. The van der Waals surface area contributed by atoms with Crippen LogP contribution in [0.15, 0.2) is 67.0 Å². The predicted octanol–water partition coefficient (Wildman–Crippen LogP) is 4.38. The molecule has 7 heteroatoms. The maximum atomic E-state index is 13.1. The summed E-state index contributed by atoms with van der Waals surface area (Å²) in [6.45, 7) is 7.19. The lowest BCUT2D eigenvalue weighted by Gasteiger charge is -2.28. The lowest BCUT2D eigenvalue weighted by Crippen LogP contribution is -2.40. The van der Waals surface area contributed by atoms with E-state index in [-0.39, 0.29) is 12.5 Å². The molecule has 0 saturated heterocycles. The Bertz CT molecular complexity index is 1040. The number of hydrogen-bond acceptors (Lipinski definition) is 5. The fourth-order valence-corrected chi connectivity index (χ4v) is 4.43. The van der Waals surface area contributed by atoms with Gasteiger partial charge in [0.2, 0.25) is 5.91 Å². The number of benzene rings is 2. The number of carbonyl (C=O) groups excluding carboxylic acids is 1. The van der Waals surface area contributed by atoms with E-state index in [1.165, 1.54) is 5.56 Å².